The third kappa shape index (κ3) is 5.05. The summed E-state index contributed by atoms with van der Waals surface area (Å²) in [5.74, 6) is 0.966. The molecule has 39 heavy (non-hydrogen) atoms. The van der Waals surface area contributed by atoms with E-state index in [0.717, 1.165) is 78.0 Å². The quantitative estimate of drug-likeness (QED) is 0.392. The molecule has 1 N–H and O–H groups in total. The van der Waals surface area contributed by atoms with Crippen molar-refractivity contribution in [3.05, 3.63) is 47.8 Å². The Kier molecular flexibility index (Phi) is 7.12. The Morgan fingerprint density at radius 1 is 1.03 bits per heavy atom. The van der Waals surface area contributed by atoms with E-state index in [9.17, 15) is 4.39 Å². The SMILES string of the molecule is CCc1cc(-c2ccn(C)n2)c2nc(N3CCC(N[C@H]4CCOC[C@@H]4F)CC3)c(-c3ccn(C)n3)c(C)c2c1. The number of piperidine rings is 1. The molecule has 6 rings (SSSR count). The van der Waals surface area contributed by atoms with E-state index in [1.165, 1.54) is 11.1 Å². The number of aromatic nitrogens is 5. The summed E-state index contributed by atoms with van der Waals surface area (Å²) >= 11 is 0. The fourth-order valence-corrected chi connectivity index (χ4v) is 6.06. The van der Waals surface area contributed by atoms with E-state index in [1.807, 2.05) is 35.9 Å². The van der Waals surface area contributed by atoms with Crippen LogP contribution in [0.3, 0.4) is 0 Å². The highest BCUT2D eigenvalue weighted by molar-refractivity contribution is 6.00. The Morgan fingerprint density at radius 2 is 1.74 bits per heavy atom. The molecule has 206 valence electrons. The predicted molar refractivity (Wildman–Crippen MR) is 153 cm³/mol. The minimum Gasteiger partial charge on any atom is -0.378 e. The summed E-state index contributed by atoms with van der Waals surface area (Å²) < 4.78 is 23.4. The van der Waals surface area contributed by atoms with Crippen molar-refractivity contribution in [3.8, 4) is 22.5 Å². The van der Waals surface area contributed by atoms with E-state index in [2.05, 4.69) is 48.3 Å². The van der Waals surface area contributed by atoms with Crippen LogP contribution >= 0.6 is 0 Å². The average Bonchev–Trinajstić information content (AvgIpc) is 3.57. The van der Waals surface area contributed by atoms with E-state index in [0.29, 0.717) is 12.6 Å². The van der Waals surface area contributed by atoms with Crippen molar-refractivity contribution < 1.29 is 9.13 Å². The van der Waals surface area contributed by atoms with E-state index < -0.39 is 6.17 Å². The molecule has 2 atom stereocenters. The number of aryl methyl sites for hydroxylation is 4. The van der Waals surface area contributed by atoms with Crippen molar-refractivity contribution in [1.82, 2.24) is 29.9 Å². The highest BCUT2D eigenvalue weighted by Crippen LogP contribution is 2.40. The largest absolute Gasteiger partial charge is 0.378 e. The minimum atomic E-state index is -0.935. The lowest BCUT2D eigenvalue weighted by molar-refractivity contribution is 0.0101. The Balaban J connectivity index is 1.41. The summed E-state index contributed by atoms with van der Waals surface area (Å²) in [5, 5.41) is 14.3. The van der Waals surface area contributed by atoms with Crippen molar-refractivity contribution in [2.24, 2.45) is 14.1 Å². The molecule has 3 aromatic heterocycles. The smallest absolute Gasteiger partial charge is 0.139 e. The zero-order valence-corrected chi connectivity index (χ0v) is 23.3. The van der Waals surface area contributed by atoms with Crippen LogP contribution in [0.5, 0.6) is 0 Å². The molecule has 5 heterocycles. The van der Waals surface area contributed by atoms with Gasteiger partial charge in [-0.1, -0.05) is 6.92 Å². The number of nitrogens with zero attached hydrogens (tertiary/aromatic N) is 6. The van der Waals surface area contributed by atoms with Crippen molar-refractivity contribution in [2.75, 3.05) is 31.2 Å². The monoisotopic (exact) mass is 531 g/mol. The molecular weight excluding hydrogens is 493 g/mol. The van der Waals surface area contributed by atoms with Crippen LogP contribution in [0.1, 0.15) is 37.3 Å². The van der Waals surface area contributed by atoms with Crippen molar-refractivity contribution in [2.45, 2.75) is 57.8 Å². The molecule has 1 aromatic carbocycles. The average molecular weight is 532 g/mol. The first-order valence-electron chi connectivity index (χ1n) is 14.1. The van der Waals surface area contributed by atoms with Crippen LogP contribution in [-0.4, -0.2) is 69.1 Å². The van der Waals surface area contributed by atoms with Crippen LogP contribution in [0.2, 0.25) is 0 Å². The second-order valence-corrected chi connectivity index (χ2v) is 11.0. The zero-order chi connectivity index (χ0) is 27.1. The lowest BCUT2D eigenvalue weighted by Crippen LogP contribution is -2.52. The fourth-order valence-electron chi connectivity index (χ4n) is 6.06. The summed E-state index contributed by atoms with van der Waals surface area (Å²) in [4.78, 5) is 7.78. The molecule has 0 amide bonds. The number of benzene rings is 1. The van der Waals surface area contributed by atoms with Crippen LogP contribution in [0.4, 0.5) is 10.2 Å². The van der Waals surface area contributed by atoms with Gasteiger partial charge in [0.1, 0.15) is 12.0 Å². The van der Waals surface area contributed by atoms with Gasteiger partial charge in [-0.25, -0.2) is 9.37 Å². The van der Waals surface area contributed by atoms with Crippen LogP contribution < -0.4 is 10.2 Å². The highest BCUT2D eigenvalue weighted by Gasteiger charge is 2.31. The van der Waals surface area contributed by atoms with E-state index >= 15 is 0 Å². The number of fused-ring (bicyclic) bond motifs is 1. The number of hydrogen-bond acceptors (Lipinski definition) is 6. The third-order valence-electron chi connectivity index (χ3n) is 8.29. The molecule has 8 nitrogen and oxygen atoms in total. The van der Waals surface area contributed by atoms with Gasteiger partial charge in [-0.15, -0.1) is 0 Å². The Morgan fingerprint density at radius 3 is 2.38 bits per heavy atom. The maximum Gasteiger partial charge on any atom is 0.139 e. The summed E-state index contributed by atoms with van der Waals surface area (Å²) in [7, 11) is 3.90. The van der Waals surface area contributed by atoms with Crippen LogP contribution in [0.25, 0.3) is 33.4 Å². The topological polar surface area (TPSA) is 73.0 Å². The van der Waals surface area contributed by atoms with Crippen molar-refractivity contribution in [1.29, 1.82) is 0 Å². The molecule has 2 saturated heterocycles. The van der Waals surface area contributed by atoms with Gasteiger partial charge in [0.2, 0.25) is 0 Å². The molecule has 0 radical (unpaired) electrons. The number of alkyl halides is 1. The van der Waals surface area contributed by atoms with Gasteiger partial charge in [-0.3, -0.25) is 9.36 Å². The molecule has 0 bridgehead atoms. The summed E-state index contributed by atoms with van der Waals surface area (Å²) in [6.07, 6.45) is 6.57. The molecule has 0 spiro atoms. The standard InChI is InChI=1S/C30H38FN7O/c1-5-20-16-22-19(2)28(27-9-12-37(4)35-27)30(33-29(22)23(17-20)25-8-11-36(3)34-25)38-13-6-21(7-14-38)32-26-10-15-39-18-24(26)31/h8-9,11-12,16-17,21,24,26,32H,5-7,10,13-15,18H2,1-4H3/t24-,26-/m0/s1. The van der Waals surface area contributed by atoms with Gasteiger partial charge in [0.15, 0.2) is 0 Å². The minimum absolute atomic E-state index is 0.117. The molecule has 2 fully saturated rings. The first-order chi connectivity index (χ1) is 18.9. The van der Waals surface area contributed by atoms with Crippen LogP contribution in [0.15, 0.2) is 36.7 Å². The van der Waals surface area contributed by atoms with Crippen LogP contribution in [0, 0.1) is 6.92 Å². The van der Waals surface area contributed by atoms with Gasteiger partial charge in [-0.2, -0.15) is 10.2 Å². The van der Waals surface area contributed by atoms with Gasteiger partial charge in [0, 0.05) is 74.8 Å². The van der Waals surface area contributed by atoms with Gasteiger partial charge >= 0.3 is 0 Å². The molecule has 0 saturated carbocycles. The Bertz CT molecular complexity index is 1470. The molecular formula is C30H38FN7O. The molecule has 2 aliphatic heterocycles. The van der Waals surface area contributed by atoms with Gasteiger partial charge < -0.3 is 15.0 Å². The van der Waals surface area contributed by atoms with E-state index in [1.54, 1.807) is 0 Å². The lowest BCUT2D eigenvalue weighted by Gasteiger charge is -2.37. The van der Waals surface area contributed by atoms with Gasteiger partial charge in [0.05, 0.1) is 23.5 Å². The van der Waals surface area contributed by atoms with E-state index in [-0.39, 0.29) is 12.6 Å². The van der Waals surface area contributed by atoms with Crippen molar-refractivity contribution >= 4 is 16.7 Å². The molecule has 2 aliphatic rings. The number of anilines is 1. The number of pyridine rings is 1. The number of halogens is 1. The fraction of sp³-hybridized carbons (Fsp3) is 0.500. The zero-order valence-electron chi connectivity index (χ0n) is 23.3. The molecule has 4 aromatic rings. The number of ether oxygens (including phenoxy) is 1. The molecule has 0 unspecified atom stereocenters. The summed E-state index contributed by atoms with van der Waals surface area (Å²) in [6.45, 7) is 6.90. The second kappa shape index (κ2) is 10.7. The number of hydrogen-bond donors (Lipinski definition) is 1. The Labute approximate surface area is 229 Å². The predicted octanol–water partition coefficient (Wildman–Crippen LogP) is 4.59. The normalized spacial score (nSPS) is 20.7. The molecule has 0 aliphatic carbocycles. The highest BCUT2D eigenvalue weighted by atomic mass is 19.1. The first-order valence-corrected chi connectivity index (χ1v) is 14.1. The first kappa shape index (κ1) is 26.0. The maximum atomic E-state index is 14.4. The lowest BCUT2D eigenvalue weighted by atomic mass is 9.94. The van der Waals surface area contributed by atoms with Crippen LogP contribution in [-0.2, 0) is 25.3 Å². The van der Waals surface area contributed by atoms with Gasteiger partial charge in [-0.05, 0) is 68.0 Å². The second-order valence-electron chi connectivity index (χ2n) is 11.0. The Hall–Kier alpha value is -3.30. The number of rotatable bonds is 6. The maximum absolute atomic E-state index is 14.4. The molecule has 9 heteroatoms. The van der Waals surface area contributed by atoms with Crippen molar-refractivity contribution in [3.63, 3.8) is 0 Å². The van der Waals surface area contributed by atoms with E-state index in [4.69, 9.17) is 19.9 Å². The number of nitrogens with one attached hydrogen (secondary N) is 1. The summed E-state index contributed by atoms with van der Waals surface area (Å²) in [5.41, 5.74) is 7.43. The summed E-state index contributed by atoms with van der Waals surface area (Å²) in [6, 6.07) is 8.82. The third-order valence-corrected chi connectivity index (χ3v) is 8.29. The van der Waals surface area contributed by atoms with Gasteiger partial charge in [0.25, 0.3) is 0 Å².